The molecule has 0 radical (unpaired) electrons. The number of azo groups is 1. The highest BCUT2D eigenvalue weighted by Gasteiger charge is 2.21. The minimum atomic E-state index is 0.199. The van der Waals surface area contributed by atoms with Gasteiger partial charge in [0.25, 0.3) is 0 Å². The molecule has 3 rings (SSSR count). The molecule has 1 aliphatic rings. The van der Waals surface area contributed by atoms with E-state index in [-0.39, 0.29) is 12.1 Å². The minimum absolute atomic E-state index is 0.199. The van der Waals surface area contributed by atoms with Gasteiger partial charge in [0.2, 0.25) is 0 Å². The molecule has 19 heavy (non-hydrogen) atoms. The first kappa shape index (κ1) is 11.8. The van der Waals surface area contributed by atoms with Crippen LogP contribution in [0.15, 0.2) is 77.0 Å². The second kappa shape index (κ2) is 5.61. The van der Waals surface area contributed by atoms with Gasteiger partial charge in [0.15, 0.2) is 0 Å². The van der Waals surface area contributed by atoms with Crippen molar-refractivity contribution in [2.75, 3.05) is 0 Å². The molecule has 0 fully saturated rings. The first-order chi connectivity index (χ1) is 9.42. The lowest BCUT2D eigenvalue weighted by molar-refractivity contribution is 0.703. The summed E-state index contributed by atoms with van der Waals surface area (Å²) in [6.45, 7) is 0. The molecule has 94 valence electrons. The van der Waals surface area contributed by atoms with E-state index in [1.54, 1.807) is 0 Å². The van der Waals surface area contributed by atoms with Crippen LogP contribution >= 0.6 is 0 Å². The summed E-state index contributed by atoms with van der Waals surface area (Å²) in [7, 11) is 0. The predicted molar refractivity (Wildman–Crippen MR) is 77.9 cm³/mol. The van der Waals surface area contributed by atoms with Crippen LogP contribution in [0, 0.1) is 0 Å². The van der Waals surface area contributed by atoms with Crippen molar-refractivity contribution in [2.45, 2.75) is 18.5 Å². The van der Waals surface area contributed by atoms with Crippen LogP contribution < -0.4 is 0 Å². The summed E-state index contributed by atoms with van der Waals surface area (Å²) in [6, 6.07) is 21.1. The Balaban J connectivity index is 1.64. The standard InChI is InChI=1S/C17H16N2/c1-3-7-14(8-4-1)11-12-16-13-17(19-18-16)15-9-5-2-6-10-15/h1-12,16-17H,13H2. The third kappa shape index (κ3) is 2.97. The van der Waals surface area contributed by atoms with Crippen LogP contribution in [-0.2, 0) is 0 Å². The zero-order chi connectivity index (χ0) is 12.9. The van der Waals surface area contributed by atoms with E-state index in [9.17, 15) is 0 Å². The summed E-state index contributed by atoms with van der Waals surface area (Å²) in [5, 5.41) is 8.72. The summed E-state index contributed by atoms with van der Waals surface area (Å²) in [4.78, 5) is 0. The fourth-order valence-corrected chi connectivity index (χ4v) is 2.27. The van der Waals surface area contributed by atoms with Crippen LogP contribution in [0.5, 0.6) is 0 Å². The van der Waals surface area contributed by atoms with E-state index in [2.05, 4.69) is 58.8 Å². The largest absolute Gasteiger partial charge is 0.186 e. The Morgan fingerprint density at radius 3 is 2.26 bits per heavy atom. The van der Waals surface area contributed by atoms with E-state index in [0.29, 0.717) is 0 Å². The highest BCUT2D eigenvalue weighted by Crippen LogP contribution is 2.30. The number of hydrogen-bond acceptors (Lipinski definition) is 2. The molecule has 0 saturated heterocycles. The molecule has 2 aromatic rings. The average Bonchev–Trinajstić information content (AvgIpc) is 2.96. The smallest absolute Gasteiger partial charge is 0.0982 e. The SMILES string of the molecule is C(=CC1CC(c2ccccc2)N=N1)c1ccccc1. The van der Waals surface area contributed by atoms with Crippen LogP contribution in [0.4, 0.5) is 0 Å². The van der Waals surface area contributed by atoms with Crippen LogP contribution in [0.3, 0.4) is 0 Å². The number of nitrogens with zero attached hydrogens (tertiary/aromatic N) is 2. The maximum Gasteiger partial charge on any atom is 0.0982 e. The molecular weight excluding hydrogens is 232 g/mol. The molecule has 2 unspecified atom stereocenters. The molecule has 0 amide bonds. The summed E-state index contributed by atoms with van der Waals surface area (Å²) < 4.78 is 0. The molecule has 2 atom stereocenters. The van der Waals surface area contributed by atoms with Gasteiger partial charge in [-0.2, -0.15) is 10.2 Å². The number of benzene rings is 2. The van der Waals surface area contributed by atoms with Gasteiger partial charge in [-0.05, 0) is 11.1 Å². The van der Waals surface area contributed by atoms with Crippen LogP contribution in [-0.4, -0.2) is 6.04 Å². The Bertz CT molecular complexity index is 573. The Labute approximate surface area is 113 Å². The van der Waals surface area contributed by atoms with Crippen LogP contribution in [0.2, 0.25) is 0 Å². The zero-order valence-electron chi connectivity index (χ0n) is 10.7. The van der Waals surface area contributed by atoms with Crippen molar-refractivity contribution in [3.63, 3.8) is 0 Å². The monoisotopic (exact) mass is 248 g/mol. The highest BCUT2D eigenvalue weighted by molar-refractivity contribution is 5.49. The van der Waals surface area contributed by atoms with Crippen molar-refractivity contribution in [3.8, 4) is 0 Å². The highest BCUT2D eigenvalue weighted by atomic mass is 15.2. The average molecular weight is 248 g/mol. The van der Waals surface area contributed by atoms with Gasteiger partial charge in [0, 0.05) is 6.42 Å². The van der Waals surface area contributed by atoms with Gasteiger partial charge >= 0.3 is 0 Å². The van der Waals surface area contributed by atoms with Crippen LogP contribution in [0.25, 0.3) is 6.08 Å². The molecule has 2 aromatic carbocycles. The Hall–Kier alpha value is -2.22. The molecule has 0 aliphatic carbocycles. The second-order valence-corrected chi connectivity index (χ2v) is 4.73. The lowest BCUT2D eigenvalue weighted by Crippen LogP contribution is -1.98. The molecule has 0 aromatic heterocycles. The molecule has 1 heterocycles. The number of rotatable bonds is 3. The Morgan fingerprint density at radius 1 is 0.842 bits per heavy atom. The van der Waals surface area contributed by atoms with Crippen molar-refractivity contribution in [2.24, 2.45) is 10.2 Å². The lowest BCUT2D eigenvalue weighted by Gasteiger charge is -2.05. The van der Waals surface area contributed by atoms with Gasteiger partial charge in [-0.3, -0.25) is 0 Å². The molecular formula is C17H16N2. The maximum atomic E-state index is 4.37. The lowest BCUT2D eigenvalue weighted by atomic mass is 10.0. The molecule has 2 heteroatoms. The third-order valence-corrected chi connectivity index (χ3v) is 3.31. The topological polar surface area (TPSA) is 24.7 Å². The van der Waals surface area contributed by atoms with Gasteiger partial charge in [0.1, 0.15) is 0 Å². The van der Waals surface area contributed by atoms with E-state index in [1.165, 1.54) is 11.1 Å². The van der Waals surface area contributed by atoms with Gasteiger partial charge in [0.05, 0.1) is 12.1 Å². The fraction of sp³-hybridized carbons (Fsp3) is 0.176. The summed E-state index contributed by atoms with van der Waals surface area (Å²) in [6.07, 6.45) is 5.23. The minimum Gasteiger partial charge on any atom is -0.186 e. The van der Waals surface area contributed by atoms with Crippen molar-refractivity contribution < 1.29 is 0 Å². The van der Waals surface area contributed by atoms with Gasteiger partial charge in [-0.25, -0.2) is 0 Å². The van der Waals surface area contributed by atoms with Crippen molar-refractivity contribution >= 4 is 6.08 Å². The van der Waals surface area contributed by atoms with Crippen molar-refractivity contribution in [3.05, 3.63) is 77.9 Å². The third-order valence-electron chi connectivity index (χ3n) is 3.31. The first-order valence-electron chi connectivity index (χ1n) is 6.60. The molecule has 0 bridgehead atoms. The molecule has 0 N–H and O–H groups in total. The Morgan fingerprint density at radius 2 is 1.53 bits per heavy atom. The normalized spacial score (nSPS) is 22.1. The summed E-state index contributed by atoms with van der Waals surface area (Å²) in [5.74, 6) is 0. The fourth-order valence-electron chi connectivity index (χ4n) is 2.27. The Kier molecular flexibility index (Phi) is 3.50. The summed E-state index contributed by atoms with van der Waals surface area (Å²) >= 11 is 0. The van der Waals surface area contributed by atoms with E-state index in [0.717, 1.165) is 6.42 Å². The van der Waals surface area contributed by atoms with Crippen molar-refractivity contribution in [1.82, 2.24) is 0 Å². The summed E-state index contributed by atoms with van der Waals surface area (Å²) in [5.41, 5.74) is 2.46. The van der Waals surface area contributed by atoms with Gasteiger partial charge in [-0.15, -0.1) is 0 Å². The molecule has 2 nitrogen and oxygen atoms in total. The van der Waals surface area contributed by atoms with E-state index >= 15 is 0 Å². The van der Waals surface area contributed by atoms with Crippen LogP contribution in [0.1, 0.15) is 23.6 Å². The molecule has 1 aliphatic heterocycles. The predicted octanol–water partition coefficient (Wildman–Crippen LogP) is 4.67. The number of hydrogen-bond donors (Lipinski definition) is 0. The van der Waals surface area contributed by atoms with Gasteiger partial charge < -0.3 is 0 Å². The van der Waals surface area contributed by atoms with E-state index < -0.39 is 0 Å². The van der Waals surface area contributed by atoms with E-state index in [4.69, 9.17) is 0 Å². The molecule has 0 spiro atoms. The van der Waals surface area contributed by atoms with Crippen molar-refractivity contribution in [1.29, 1.82) is 0 Å². The maximum absolute atomic E-state index is 4.37. The van der Waals surface area contributed by atoms with Gasteiger partial charge in [-0.1, -0.05) is 72.8 Å². The first-order valence-corrected chi connectivity index (χ1v) is 6.60. The zero-order valence-corrected chi connectivity index (χ0v) is 10.7. The van der Waals surface area contributed by atoms with E-state index in [1.807, 2.05) is 24.3 Å². The quantitative estimate of drug-likeness (QED) is 0.754. The second-order valence-electron chi connectivity index (χ2n) is 4.73. The molecule has 0 saturated carbocycles.